The summed E-state index contributed by atoms with van der Waals surface area (Å²) < 4.78 is 11.2. The number of hydrogen-bond acceptors (Lipinski definition) is 6. The van der Waals surface area contributed by atoms with Gasteiger partial charge in [0.05, 0.1) is 12.8 Å². The van der Waals surface area contributed by atoms with Crippen LogP contribution in [-0.2, 0) is 6.42 Å². The molecule has 0 spiro atoms. The maximum atomic E-state index is 9.14. The van der Waals surface area contributed by atoms with Crippen LogP contribution in [0.4, 0.5) is 5.88 Å². The van der Waals surface area contributed by atoms with Gasteiger partial charge in [-0.05, 0) is 42.2 Å². The highest BCUT2D eigenvalue weighted by Gasteiger charge is 2.13. The quantitative estimate of drug-likeness (QED) is 0.378. The Morgan fingerprint density at radius 1 is 1.31 bits per heavy atom. The van der Waals surface area contributed by atoms with Crippen LogP contribution in [0, 0.1) is 17.2 Å². The highest BCUT2D eigenvalue weighted by atomic mass is 16.5. The van der Waals surface area contributed by atoms with Crippen LogP contribution in [0.15, 0.2) is 33.8 Å². The predicted octanol–water partition coefficient (Wildman–Crippen LogP) is 4.76. The van der Waals surface area contributed by atoms with Crippen LogP contribution >= 0.6 is 0 Å². The van der Waals surface area contributed by atoms with Gasteiger partial charge in [-0.2, -0.15) is 10.4 Å². The first-order valence-electron chi connectivity index (χ1n) is 9.04. The molecule has 0 unspecified atom stereocenters. The van der Waals surface area contributed by atoms with Crippen molar-refractivity contribution in [1.29, 1.82) is 5.26 Å². The molecule has 6 nitrogen and oxygen atoms in total. The number of rotatable bonds is 10. The molecule has 26 heavy (non-hydrogen) atoms. The van der Waals surface area contributed by atoms with E-state index >= 15 is 0 Å². The number of benzene rings is 1. The zero-order valence-electron chi connectivity index (χ0n) is 15.7. The molecule has 0 fully saturated rings. The molecule has 0 amide bonds. The Morgan fingerprint density at radius 3 is 2.73 bits per heavy atom. The molecule has 0 aliphatic heterocycles. The molecule has 0 aliphatic carbocycles. The molecule has 6 heteroatoms. The zero-order valence-corrected chi connectivity index (χ0v) is 15.7. The Morgan fingerprint density at radius 2 is 2.08 bits per heavy atom. The first-order valence-corrected chi connectivity index (χ1v) is 9.04. The predicted molar refractivity (Wildman–Crippen MR) is 102 cm³/mol. The second-order valence-corrected chi connectivity index (χ2v) is 6.49. The lowest BCUT2D eigenvalue weighted by Crippen LogP contribution is -1.97. The molecule has 1 aromatic carbocycles. The smallest absolute Gasteiger partial charge is 0.252 e. The maximum absolute atomic E-state index is 9.14. The van der Waals surface area contributed by atoms with Crippen molar-refractivity contribution in [2.45, 2.75) is 46.5 Å². The van der Waals surface area contributed by atoms with Gasteiger partial charge in [-0.3, -0.25) is 0 Å². The minimum Gasteiger partial charge on any atom is -0.494 e. The molecule has 0 radical (unpaired) electrons. The highest BCUT2D eigenvalue weighted by molar-refractivity contribution is 5.80. The van der Waals surface area contributed by atoms with E-state index in [9.17, 15) is 0 Å². The fraction of sp³-hybridized carbons (Fsp3) is 0.450. The lowest BCUT2D eigenvalue weighted by atomic mass is 10.1. The van der Waals surface area contributed by atoms with Crippen molar-refractivity contribution >= 4 is 12.1 Å². The molecule has 0 saturated carbocycles. The number of nitrogens with one attached hydrogen (secondary N) is 1. The van der Waals surface area contributed by atoms with Crippen molar-refractivity contribution in [2.75, 3.05) is 12.0 Å². The summed E-state index contributed by atoms with van der Waals surface area (Å²) in [5.74, 6) is 2.07. The molecule has 1 N–H and O–H groups in total. The van der Waals surface area contributed by atoms with E-state index in [1.54, 1.807) is 6.21 Å². The van der Waals surface area contributed by atoms with Gasteiger partial charge in [-0.15, -0.1) is 0 Å². The molecule has 1 heterocycles. The van der Waals surface area contributed by atoms with Gasteiger partial charge in [0, 0.05) is 6.42 Å². The molecule has 0 saturated heterocycles. The van der Waals surface area contributed by atoms with E-state index in [0.29, 0.717) is 18.2 Å². The summed E-state index contributed by atoms with van der Waals surface area (Å²) in [6.07, 6.45) is 5.78. The Hall–Kier alpha value is -2.81. The zero-order chi connectivity index (χ0) is 18.8. The first kappa shape index (κ1) is 19.5. The van der Waals surface area contributed by atoms with E-state index in [1.165, 1.54) is 12.8 Å². The summed E-state index contributed by atoms with van der Waals surface area (Å²) in [6, 6.07) is 9.71. The van der Waals surface area contributed by atoms with Crippen LogP contribution in [0.25, 0.3) is 0 Å². The number of nitrogens with zero attached hydrogens (tertiary/aromatic N) is 3. The summed E-state index contributed by atoms with van der Waals surface area (Å²) in [6.45, 7) is 7.05. The van der Waals surface area contributed by atoms with Gasteiger partial charge in [0.15, 0.2) is 5.89 Å². The number of ether oxygens (including phenoxy) is 1. The third-order valence-corrected chi connectivity index (χ3v) is 3.64. The summed E-state index contributed by atoms with van der Waals surface area (Å²) in [5.41, 5.74) is 3.89. The second kappa shape index (κ2) is 10.2. The van der Waals surface area contributed by atoms with Crippen LogP contribution in [0.5, 0.6) is 5.75 Å². The van der Waals surface area contributed by atoms with Crippen LogP contribution in [0.3, 0.4) is 0 Å². The number of hydrogen-bond donors (Lipinski definition) is 1. The minimum absolute atomic E-state index is 0.216. The van der Waals surface area contributed by atoms with E-state index in [-0.39, 0.29) is 11.6 Å². The molecule has 0 bridgehead atoms. The van der Waals surface area contributed by atoms with E-state index < -0.39 is 0 Å². The summed E-state index contributed by atoms with van der Waals surface area (Å²) in [5, 5.41) is 13.3. The molecule has 1 aromatic heterocycles. The average Bonchev–Trinajstić information content (AvgIpc) is 3.01. The Bertz CT molecular complexity index is 742. The van der Waals surface area contributed by atoms with Crippen LogP contribution in [0.2, 0.25) is 0 Å². The van der Waals surface area contributed by atoms with Crippen molar-refractivity contribution in [3.05, 3.63) is 41.4 Å². The lowest BCUT2D eigenvalue weighted by Gasteiger charge is -2.05. The first-order chi connectivity index (χ1) is 12.6. The van der Waals surface area contributed by atoms with Crippen molar-refractivity contribution in [3.8, 4) is 11.8 Å². The average molecular weight is 354 g/mol. The number of nitriles is 1. The number of aromatic nitrogens is 1. The normalized spacial score (nSPS) is 11.0. The minimum atomic E-state index is 0.216. The van der Waals surface area contributed by atoms with Crippen LogP contribution in [0.1, 0.15) is 57.2 Å². The standard InChI is InChI=1S/C20H26N4O2/c1-4-5-6-11-25-17-9-7-16(8-10-17)14-22-24-20-18(13-21)23-19(26-20)12-15(2)3/h7-10,14-15,24H,4-6,11-12H2,1-3H3. The molecule has 138 valence electrons. The fourth-order valence-corrected chi connectivity index (χ4v) is 2.31. The number of anilines is 1. The van der Waals surface area contributed by atoms with Gasteiger partial charge in [-0.1, -0.05) is 33.6 Å². The van der Waals surface area contributed by atoms with Crippen LogP contribution < -0.4 is 10.2 Å². The molecule has 0 aliphatic rings. The fourth-order valence-electron chi connectivity index (χ4n) is 2.31. The van der Waals surface area contributed by atoms with Crippen molar-refractivity contribution in [2.24, 2.45) is 11.0 Å². The van der Waals surface area contributed by atoms with Crippen molar-refractivity contribution in [3.63, 3.8) is 0 Å². The molecular weight excluding hydrogens is 328 g/mol. The third kappa shape index (κ3) is 6.25. The Labute approximate surface area is 154 Å². The van der Waals surface area contributed by atoms with Crippen molar-refractivity contribution < 1.29 is 9.15 Å². The Balaban J connectivity index is 1.90. The van der Waals surface area contributed by atoms with Crippen LogP contribution in [-0.4, -0.2) is 17.8 Å². The molecular formula is C20H26N4O2. The lowest BCUT2D eigenvalue weighted by molar-refractivity contribution is 0.306. The van der Waals surface area contributed by atoms with Crippen molar-refractivity contribution in [1.82, 2.24) is 4.98 Å². The van der Waals surface area contributed by atoms with Gasteiger partial charge < -0.3 is 9.15 Å². The number of hydrazone groups is 1. The molecule has 2 aromatic rings. The highest BCUT2D eigenvalue weighted by Crippen LogP contribution is 2.19. The monoisotopic (exact) mass is 354 g/mol. The van der Waals surface area contributed by atoms with E-state index in [2.05, 4.69) is 36.3 Å². The SMILES string of the molecule is CCCCCOc1ccc(C=NNc2oc(CC(C)C)nc2C#N)cc1. The summed E-state index contributed by atoms with van der Waals surface area (Å²) in [7, 11) is 0. The van der Waals surface area contributed by atoms with Gasteiger partial charge in [0.25, 0.3) is 5.88 Å². The molecule has 0 atom stereocenters. The summed E-state index contributed by atoms with van der Waals surface area (Å²) >= 11 is 0. The van der Waals surface area contributed by atoms with Gasteiger partial charge in [-0.25, -0.2) is 10.4 Å². The van der Waals surface area contributed by atoms with E-state index in [0.717, 1.165) is 24.3 Å². The topological polar surface area (TPSA) is 83.4 Å². The second-order valence-electron chi connectivity index (χ2n) is 6.49. The third-order valence-electron chi connectivity index (χ3n) is 3.64. The molecule has 2 rings (SSSR count). The van der Waals surface area contributed by atoms with Gasteiger partial charge in [0.2, 0.25) is 5.69 Å². The van der Waals surface area contributed by atoms with Gasteiger partial charge >= 0.3 is 0 Å². The largest absolute Gasteiger partial charge is 0.494 e. The number of unbranched alkanes of at least 4 members (excludes halogenated alkanes) is 2. The van der Waals surface area contributed by atoms with E-state index in [1.807, 2.05) is 30.3 Å². The summed E-state index contributed by atoms with van der Waals surface area (Å²) in [4.78, 5) is 4.17. The van der Waals surface area contributed by atoms with E-state index in [4.69, 9.17) is 14.4 Å². The Kier molecular flexibility index (Phi) is 7.69. The van der Waals surface area contributed by atoms with Gasteiger partial charge in [0.1, 0.15) is 11.8 Å². The number of oxazole rings is 1. The maximum Gasteiger partial charge on any atom is 0.252 e.